The van der Waals surface area contributed by atoms with Crippen LogP contribution in [0.2, 0.25) is 0 Å². The van der Waals surface area contributed by atoms with Gasteiger partial charge in [-0.25, -0.2) is 9.78 Å². The molecule has 5 nitrogen and oxygen atoms in total. The molecule has 0 spiro atoms. The van der Waals surface area contributed by atoms with E-state index in [1.54, 1.807) is 0 Å². The molecule has 2 aromatic rings. The number of esters is 1. The van der Waals surface area contributed by atoms with E-state index in [0.717, 1.165) is 29.5 Å². The van der Waals surface area contributed by atoms with Crippen molar-refractivity contribution in [3.63, 3.8) is 0 Å². The summed E-state index contributed by atoms with van der Waals surface area (Å²) in [5, 5.41) is 2.42. The number of anilines is 1. The van der Waals surface area contributed by atoms with E-state index >= 15 is 0 Å². The first kappa shape index (κ1) is 16.0. The Labute approximate surface area is 126 Å². The molecule has 1 heterocycles. The average molecular weight is 330 g/mol. The second kappa shape index (κ2) is 6.14. The predicted molar refractivity (Wildman–Crippen MR) is 72.9 cm³/mol. The van der Waals surface area contributed by atoms with Crippen LogP contribution in [-0.2, 0) is 10.9 Å². The number of carbonyl (C=O) groups excluding carboxylic acids is 2. The standard InChI is InChI=1S/C13H9F3N2O3S/c1-21-11(20)9-6-17-12(22-9)18-10(19)7-3-2-4-8(5-7)13(14,15)16/h2-6H,1H3,(H,17,18,19). The minimum absolute atomic E-state index is 0.0859. The van der Waals surface area contributed by atoms with Crippen molar-refractivity contribution in [2.45, 2.75) is 6.18 Å². The Morgan fingerprint density at radius 2 is 2.05 bits per heavy atom. The Morgan fingerprint density at radius 1 is 1.32 bits per heavy atom. The molecule has 0 atom stereocenters. The van der Waals surface area contributed by atoms with Crippen molar-refractivity contribution in [2.24, 2.45) is 0 Å². The second-order valence-electron chi connectivity index (χ2n) is 4.05. The van der Waals surface area contributed by atoms with Gasteiger partial charge in [-0.1, -0.05) is 17.4 Å². The normalized spacial score (nSPS) is 11.1. The van der Waals surface area contributed by atoms with E-state index in [1.165, 1.54) is 19.4 Å². The average Bonchev–Trinajstić information content (AvgIpc) is 2.94. The summed E-state index contributed by atoms with van der Waals surface area (Å²) >= 11 is 0.858. The predicted octanol–water partition coefficient (Wildman–Crippen LogP) is 3.20. The fourth-order valence-electron chi connectivity index (χ4n) is 1.53. The van der Waals surface area contributed by atoms with Gasteiger partial charge in [0.15, 0.2) is 5.13 Å². The van der Waals surface area contributed by atoms with E-state index in [0.29, 0.717) is 0 Å². The molecule has 0 saturated carbocycles. The van der Waals surface area contributed by atoms with Crippen LogP contribution in [-0.4, -0.2) is 24.0 Å². The van der Waals surface area contributed by atoms with Crippen LogP contribution in [0.3, 0.4) is 0 Å². The van der Waals surface area contributed by atoms with Gasteiger partial charge < -0.3 is 4.74 Å². The fraction of sp³-hybridized carbons (Fsp3) is 0.154. The number of benzene rings is 1. The number of nitrogens with zero attached hydrogens (tertiary/aromatic N) is 1. The number of methoxy groups -OCH3 is 1. The van der Waals surface area contributed by atoms with Crippen molar-refractivity contribution in [1.82, 2.24) is 4.98 Å². The lowest BCUT2D eigenvalue weighted by molar-refractivity contribution is -0.137. The number of alkyl halides is 3. The third kappa shape index (κ3) is 3.61. The maximum atomic E-state index is 12.6. The minimum Gasteiger partial charge on any atom is -0.465 e. The topological polar surface area (TPSA) is 68.3 Å². The van der Waals surface area contributed by atoms with Crippen LogP contribution in [0.15, 0.2) is 30.5 Å². The van der Waals surface area contributed by atoms with E-state index in [9.17, 15) is 22.8 Å². The van der Waals surface area contributed by atoms with Gasteiger partial charge in [-0.05, 0) is 18.2 Å². The Morgan fingerprint density at radius 3 is 2.68 bits per heavy atom. The number of hydrogen-bond donors (Lipinski definition) is 1. The highest BCUT2D eigenvalue weighted by Gasteiger charge is 2.30. The number of rotatable bonds is 3. The molecule has 0 aliphatic rings. The van der Waals surface area contributed by atoms with E-state index in [1.807, 2.05) is 0 Å². The molecule has 0 aliphatic heterocycles. The van der Waals surface area contributed by atoms with Gasteiger partial charge in [-0.3, -0.25) is 10.1 Å². The fourth-order valence-corrected chi connectivity index (χ4v) is 2.26. The summed E-state index contributed by atoms with van der Waals surface area (Å²) in [7, 11) is 1.20. The molecule has 0 radical (unpaired) electrons. The van der Waals surface area contributed by atoms with Gasteiger partial charge in [0.1, 0.15) is 4.88 Å². The molecule has 1 aromatic heterocycles. The van der Waals surface area contributed by atoms with Crippen molar-refractivity contribution in [1.29, 1.82) is 0 Å². The number of amides is 1. The lowest BCUT2D eigenvalue weighted by Crippen LogP contribution is -2.13. The zero-order valence-electron chi connectivity index (χ0n) is 11.1. The third-order valence-electron chi connectivity index (χ3n) is 2.56. The Kier molecular flexibility index (Phi) is 4.45. The van der Waals surface area contributed by atoms with Crippen LogP contribution in [0.25, 0.3) is 0 Å². The van der Waals surface area contributed by atoms with E-state index in [4.69, 9.17) is 0 Å². The summed E-state index contributed by atoms with van der Waals surface area (Å²) < 4.78 is 42.3. The molecule has 0 bridgehead atoms. The van der Waals surface area contributed by atoms with E-state index in [-0.39, 0.29) is 15.6 Å². The second-order valence-corrected chi connectivity index (χ2v) is 5.08. The number of aromatic nitrogens is 1. The monoisotopic (exact) mass is 330 g/mol. The van der Waals surface area contributed by atoms with Gasteiger partial charge in [-0.15, -0.1) is 0 Å². The maximum absolute atomic E-state index is 12.6. The number of ether oxygens (including phenoxy) is 1. The lowest BCUT2D eigenvalue weighted by Gasteiger charge is -2.08. The third-order valence-corrected chi connectivity index (χ3v) is 3.46. The molecular formula is C13H9F3N2O3S. The number of hydrogen-bond acceptors (Lipinski definition) is 5. The molecule has 22 heavy (non-hydrogen) atoms. The molecule has 2 rings (SSSR count). The highest BCUT2D eigenvalue weighted by Crippen LogP contribution is 2.29. The van der Waals surface area contributed by atoms with Gasteiger partial charge >= 0.3 is 12.1 Å². The first-order valence-corrected chi connectivity index (χ1v) is 6.65. The summed E-state index contributed by atoms with van der Waals surface area (Å²) in [6.45, 7) is 0. The molecule has 116 valence electrons. The van der Waals surface area contributed by atoms with Crippen LogP contribution < -0.4 is 5.32 Å². The van der Waals surface area contributed by atoms with Crippen molar-refractivity contribution in [3.8, 4) is 0 Å². The van der Waals surface area contributed by atoms with Gasteiger partial charge in [0.05, 0.1) is 18.9 Å². The largest absolute Gasteiger partial charge is 0.465 e. The van der Waals surface area contributed by atoms with Gasteiger partial charge in [-0.2, -0.15) is 13.2 Å². The van der Waals surface area contributed by atoms with Gasteiger partial charge in [0, 0.05) is 5.56 Å². The van der Waals surface area contributed by atoms with E-state index < -0.39 is 23.6 Å². The molecule has 0 saturated heterocycles. The zero-order chi connectivity index (χ0) is 16.3. The first-order valence-electron chi connectivity index (χ1n) is 5.84. The number of carbonyl (C=O) groups is 2. The summed E-state index contributed by atoms with van der Waals surface area (Å²) in [6.07, 6.45) is -3.33. The highest BCUT2D eigenvalue weighted by atomic mass is 32.1. The Bertz CT molecular complexity index is 713. The quantitative estimate of drug-likeness (QED) is 0.878. The molecule has 0 aliphatic carbocycles. The molecular weight excluding hydrogens is 321 g/mol. The summed E-state index contributed by atoms with van der Waals surface area (Å²) in [6, 6.07) is 4.00. The van der Waals surface area contributed by atoms with Crippen molar-refractivity contribution in [2.75, 3.05) is 12.4 Å². The van der Waals surface area contributed by atoms with Crippen LogP contribution in [0.5, 0.6) is 0 Å². The Balaban J connectivity index is 2.16. The van der Waals surface area contributed by atoms with Crippen LogP contribution in [0, 0.1) is 0 Å². The SMILES string of the molecule is COC(=O)c1cnc(NC(=O)c2cccc(C(F)(F)F)c2)s1. The molecule has 1 aromatic carbocycles. The van der Waals surface area contributed by atoms with Crippen LogP contribution in [0.1, 0.15) is 25.6 Å². The number of nitrogens with one attached hydrogen (secondary N) is 1. The summed E-state index contributed by atoms with van der Waals surface area (Å²) in [5.41, 5.74) is -1.08. The minimum atomic E-state index is -4.53. The van der Waals surface area contributed by atoms with Crippen molar-refractivity contribution < 1.29 is 27.5 Å². The molecule has 0 unspecified atom stereocenters. The van der Waals surface area contributed by atoms with Crippen LogP contribution >= 0.6 is 11.3 Å². The summed E-state index contributed by atoms with van der Waals surface area (Å²) in [4.78, 5) is 27.1. The van der Waals surface area contributed by atoms with Crippen LogP contribution in [0.4, 0.5) is 18.3 Å². The highest BCUT2D eigenvalue weighted by molar-refractivity contribution is 7.17. The summed E-state index contributed by atoms with van der Waals surface area (Å²) in [5.74, 6) is -1.37. The molecule has 0 fully saturated rings. The van der Waals surface area contributed by atoms with Crippen molar-refractivity contribution >= 4 is 28.3 Å². The maximum Gasteiger partial charge on any atom is 0.416 e. The zero-order valence-corrected chi connectivity index (χ0v) is 11.9. The van der Waals surface area contributed by atoms with Gasteiger partial charge in [0.2, 0.25) is 0 Å². The van der Waals surface area contributed by atoms with E-state index in [2.05, 4.69) is 15.0 Å². The van der Waals surface area contributed by atoms with Gasteiger partial charge in [0.25, 0.3) is 5.91 Å². The molecule has 9 heteroatoms. The first-order chi connectivity index (χ1) is 10.3. The number of halogens is 3. The lowest BCUT2D eigenvalue weighted by atomic mass is 10.1. The van der Waals surface area contributed by atoms with Crippen molar-refractivity contribution in [3.05, 3.63) is 46.5 Å². The Hall–Kier alpha value is -2.42. The smallest absolute Gasteiger partial charge is 0.416 e. The number of thiazole rings is 1. The molecule has 1 amide bonds. The molecule has 1 N–H and O–H groups in total.